The summed E-state index contributed by atoms with van der Waals surface area (Å²) >= 11 is 1.37. The minimum atomic E-state index is -3.61. The highest BCUT2D eigenvalue weighted by Gasteiger charge is 2.31. The lowest BCUT2D eigenvalue weighted by Gasteiger charge is -2.29. The lowest BCUT2D eigenvalue weighted by atomic mass is 10.2. The topological polar surface area (TPSA) is 90.0 Å². The normalized spacial score (nSPS) is 16.2. The number of hydrogen-bond acceptors (Lipinski definition) is 6. The lowest BCUT2D eigenvalue weighted by molar-refractivity contribution is -0.122. The Bertz CT molecular complexity index is 1210. The molecule has 36 heavy (non-hydrogen) atoms. The molecular formula is C26H34N4O4S2. The van der Waals surface area contributed by atoms with Gasteiger partial charge < -0.3 is 15.1 Å². The number of nitrogens with zero attached hydrogens (tertiary/aromatic N) is 3. The maximum absolute atomic E-state index is 13.0. The van der Waals surface area contributed by atoms with Crippen LogP contribution in [0.3, 0.4) is 0 Å². The van der Waals surface area contributed by atoms with Crippen LogP contribution >= 0.6 is 11.8 Å². The standard InChI is InChI=1S/C26H34N4O4S2/c1-3-28(21-9-6-8-20(2)16-21)13-7-12-27-25(31)18-30-23-17-22(10-11-24(23)35-19-26(30)32)36(33,34)29-14-4-5-15-29/h6,8-11,16-17H,3-5,7,12-15,18-19H2,1-2H3,(H,27,31). The molecule has 4 rings (SSSR count). The van der Waals surface area contributed by atoms with Gasteiger partial charge in [-0.25, -0.2) is 8.42 Å². The van der Waals surface area contributed by atoms with Gasteiger partial charge in [-0.05, 0) is 69.0 Å². The van der Waals surface area contributed by atoms with Crippen LogP contribution < -0.4 is 15.1 Å². The van der Waals surface area contributed by atoms with E-state index < -0.39 is 10.0 Å². The summed E-state index contributed by atoms with van der Waals surface area (Å²) in [5.41, 5.74) is 2.86. The molecule has 1 fully saturated rings. The Morgan fingerprint density at radius 3 is 2.64 bits per heavy atom. The largest absolute Gasteiger partial charge is 0.372 e. The molecule has 10 heteroatoms. The Hall–Kier alpha value is -2.56. The molecule has 0 aliphatic carbocycles. The quantitative estimate of drug-likeness (QED) is 0.475. The van der Waals surface area contributed by atoms with Gasteiger partial charge in [-0.1, -0.05) is 12.1 Å². The molecule has 8 nitrogen and oxygen atoms in total. The first kappa shape index (κ1) is 26.5. The van der Waals surface area contributed by atoms with E-state index in [2.05, 4.69) is 42.3 Å². The van der Waals surface area contributed by atoms with Crippen molar-refractivity contribution < 1.29 is 18.0 Å². The van der Waals surface area contributed by atoms with Crippen molar-refractivity contribution in [2.24, 2.45) is 0 Å². The number of fused-ring (bicyclic) bond motifs is 1. The zero-order valence-corrected chi connectivity index (χ0v) is 22.5. The molecule has 0 spiro atoms. The van der Waals surface area contributed by atoms with Gasteiger partial charge in [-0.3, -0.25) is 9.59 Å². The van der Waals surface area contributed by atoms with Gasteiger partial charge in [0.05, 0.1) is 16.3 Å². The number of carbonyl (C=O) groups is 2. The van der Waals surface area contributed by atoms with Crippen molar-refractivity contribution in [2.75, 3.05) is 54.8 Å². The molecule has 1 saturated heterocycles. The second-order valence-corrected chi connectivity index (χ2v) is 12.1. The van der Waals surface area contributed by atoms with E-state index in [0.717, 1.165) is 42.9 Å². The van der Waals surface area contributed by atoms with Gasteiger partial charge in [0.2, 0.25) is 21.8 Å². The van der Waals surface area contributed by atoms with Crippen LogP contribution in [0, 0.1) is 6.92 Å². The van der Waals surface area contributed by atoms with Crippen molar-refractivity contribution in [2.45, 2.75) is 42.9 Å². The first-order chi connectivity index (χ1) is 17.3. The van der Waals surface area contributed by atoms with Gasteiger partial charge >= 0.3 is 0 Å². The number of carbonyl (C=O) groups excluding carboxylic acids is 2. The maximum Gasteiger partial charge on any atom is 0.243 e. The van der Waals surface area contributed by atoms with Crippen molar-refractivity contribution >= 4 is 45.0 Å². The molecule has 0 aromatic heterocycles. The smallest absolute Gasteiger partial charge is 0.243 e. The summed E-state index contributed by atoms with van der Waals surface area (Å²) in [7, 11) is -3.61. The van der Waals surface area contributed by atoms with E-state index in [9.17, 15) is 18.0 Å². The van der Waals surface area contributed by atoms with E-state index in [4.69, 9.17) is 0 Å². The van der Waals surface area contributed by atoms with E-state index in [1.165, 1.54) is 26.5 Å². The van der Waals surface area contributed by atoms with E-state index >= 15 is 0 Å². The summed E-state index contributed by atoms with van der Waals surface area (Å²) in [6.07, 6.45) is 2.48. The molecule has 1 N–H and O–H groups in total. The zero-order chi connectivity index (χ0) is 25.7. The van der Waals surface area contributed by atoms with Crippen molar-refractivity contribution in [1.82, 2.24) is 9.62 Å². The lowest BCUT2D eigenvalue weighted by Crippen LogP contribution is -2.44. The summed E-state index contributed by atoms with van der Waals surface area (Å²) in [4.78, 5) is 30.1. The third-order valence-corrected chi connectivity index (χ3v) is 9.50. The molecule has 2 aromatic rings. The second-order valence-electron chi connectivity index (χ2n) is 9.13. The molecule has 194 valence electrons. The fourth-order valence-corrected chi connectivity index (χ4v) is 7.04. The van der Waals surface area contributed by atoms with Crippen LogP contribution in [0.25, 0.3) is 0 Å². The second kappa shape index (κ2) is 11.7. The van der Waals surface area contributed by atoms with E-state index in [-0.39, 0.29) is 29.0 Å². The van der Waals surface area contributed by atoms with Crippen molar-refractivity contribution in [3.8, 4) is 0 Å². The van der Waals surface area contributed by atoms with Crippen LogP contribution in [0.1, 0.15) is 31.7 Å². The highest BCUT2D eigenvalue weighted by atomic mass is 32.2. The zero-order valence-electron chi connectivity index (χ0n) is 20.9. The Morgan fingerprint density at radius 1 is 1.14 bits per heavy atom. The Kier molecular flexibility index (Phi) is 8.58. The highest BCUT2D eigenvalue weighted by molar-refractivity contribution is 8.00. The summed E-state index contributed by atoms with van der Waals surface area (Å²) in [5.74, 6) is -0.233. The molecule has 2 heterocycles. The number of nitrogens with one attached hydrogen (secondary N) is 1. The Balaban J connectivity index is 1.37. The third kappa shape index (κ3) is 6.04. The summed E-state index contributed by atoms with van der Waals surface area (Å²) in [6.45, 7) is 7.24. The third-order valence-electron chi connectivity index (χ3n) is 6.55. The first-order valence-corrected chi connectivity index (χ1v) is 14.9. The van der Waals surface area contributed by atoms with Gasteiger partial charge in [0.1, 0.15) is 6.54 Å². The van der Waals surface area contributed by atoms with Gasteiger partial charge in [-0.15, -0.1) is 11.8 Å². The average molecular weight is 531 g/mol. The molecule has 0 radical (unpaired) electrons. The highest BCUT2D eigenvalue weighted by Crippen LogP contribution is 2.37. The molecule has 2 aliphatic heterocycles. The summed E-state index contributed by atoms with van der Waals surface area (Å²) in [5, 5.41) is 2.92. The van der Waals surface area contributed by atoms with Gasteiger partial charge in [0.15, 0.2) is 0 Å². The number of sulfonamides is 1. The number of aryl methyl sites for hydroxylation is 1. The molecule has 2 aromatic carbocycles. The molecule has 0 atom stereocenters. The summed E-state index contributed by atoms with van der Waals surface area (Å²) in [6, 6.07) is 13.2. The molecule has 0 bridgehead atoms. The maximum atomic E-state index is 13.0. The minimum Gasteiger partial charge on any atom is -0.372 e. The van der Waals surface area contributed by atoms with Crippen molar-refractivity contribution in [1.29, 1.82) is 0 Å². The van der Waals surface area contributed by atoms with E-state index in [0.29, 0.717) is 25.3 Å². The number of benzene rings is 2. The molecule has 2 aliphatic rings. The molecular weight excluding hydrogens is 496 g/mol. The average Bonchev–Trinajstić information content (AvgIpc) is 3.42. The first-order valence-electron chi connectivity index (χ1n) is 12.5. The van der Waals surface area contributed by atoms with Crippen LogP contribution in [0.4, 0.5) is 11.4 Å². The van der Waals surface area contributed by atoms with Crippen LogP contribution in [0.5, 0.6) is 0 Å². The molecule has 0 unspecified atom stereocenters. The number of rotatable bonds is 10. The van der Waals surface area contributed by atoms with Crippen LogP contribution in [0.2, 0.25) is 0 Å². The van der Waals surface area contributed by atoms with Gasteiger partial charge in [-0.2, -0.15) is 4.31 Å². The molecule has 0 saturated carbocycles. The van der Waals surface area contributed by atoms with Crippen LogP contribution in [-0.2, 0) is 19.6 Å². The van der Waals surface area contributed by atoms with Crippen molar-refractivity contribution in [3.63, 3.8) is 0 Å². The number of amides is 2. The summed E-state index contributed by atoms with van der Waals surface area (Å²) < 4.78 is 27.6. The number of hydrogen-bond donors (Lipinski definition) is 1. The predicted octanol–water partition coefficient (Wildman–Crippen LogP) is 3.25. The van der Waals surface area contributed by atoms with Crippen LogP contribution in [0.15, 0.2) is 52.3 Å². The Labute approximate surface area is 218 Å². The minimum absolute atomic E-state index is 0.130. The SMILES string of the molecule is CCN(CCCNC(=O)CN1C(=O)CSc2ccc(S(=O)(=O)N3CCCC3)cc21)c1cccc(C)c1. The Morgan fingerprint density at radius 2 is 1.92 bits per heavy atom. The number of thioether (sulfide) groups is 1. The number of anilines is 2. The van der Waals surface area contributed by atoms with E-state index in [1.807, 2.05) is 6.07 Å². The molecule has 2 amide bonds. The predicted molar refractivity (Wildman–Crippen MR) is 144 cm³/mol. The van der Waals surface area contributed by atoms with Gasteiger partial charge in [0.25, 0.3) is 0 Å². The fraction of sp³-hybridized carbons (Fsp3) is 0.462. The van der Waals surface area contributed by atoms with Crippen molar-refractivity contribution in [3.05, 3.63) is 48.0 Å². The fourth-order valence-electron chi connectivity index (χ4n) is 4.58. The van der Waals surface area contributed by atoms with Gasteiger partial charge in [0, 0.05) is 43.3 Å². The monoisotopic (exact) mass is 530 g/mol. The van der Waals surface area contributed by atoms with Crippen LogP contribution in [-0.4, -0.2) is 69.6 Å². The van der Waals surface area contributed by atoms with E-state index in [1.54, 1.807) is 18.2 Å².